The van der Waals surface area contributed by atoms with Crippen molar-refractivity contribution in [1.82, 2.24) is 0 Å². The normalized spacial score (nSPS) is 14.7. The number of hydrogen-bond donors (Lipinski definition) is 0. The third-order valence-electron chi connectivity index (χ3n) is 3.73. The molecule has 0 saturated carbocycles. The van der Waals surface area contributed by atoms with Crippen LogP contribution >= 0.6 is 0 Å². The Hall–Kier alpha value is -1.98. The molecule has 1 rings (SSSR count). The fourth-order valence-electron chi connectivity index (χ4n) is 2.15. The van der Waals surface area contributed by atoms with Gasteiger partial charge >= 0.3 is 29.9 Å². The first-order chi connectivity index (χ1) is 12.6. The van der Waals surface area contributed by atoms with Gasteiger partial charge in [0.15, 0.2) is 0 Å². The number of carbonyl (C=O) groups excluding carboxylic acids is 1. The fourth-order valence-corrected chi connectivity index (χ4v) is 2.15. The van der Waals surface area contributed by atoms with Crippen LogP contribution in [0.25, 0.3) is 0 Å². The number of halogens is 9. The van der Waals surface area contributed by atoms with Gasteiger partial charge in [-0.25, -0.2) is 4.79 Å². The van der Waals surface area contributed by atoms with Crippen LogP contribution in [-0.2, 0) is 9.47 Å². The molecule has 0 spiro atoms. The number of carbonyl (C=O) groups is 1. The van der Waals surface area contributed by atoms with Crippen molar-refractivity contribution in [1.29, 1.82) is 0 Å². The molecule has 12 heteroatoms. The molecule has 3 nitrogen and oxygen atoms in total. The zero-order valence-corrected chi connectivity index (χ0v) is 14.4. The first kappa shape index (κ1) is 24.1. The number of hydrogen-bond acceptors (Lipinski definition) is 3. The lowest BCUT2D eigenvalue weighted by Gasteiger charge is -2.35. The summed E-state index contributed by atoms with van der Waals surface area (Å²) in [5.41, 5.74) is -0.275. The SMILES string of the molecule is CCOC(=O)c1ccc(C(CC(F)(F)C(F)(F)C(F)(F)C(F)(F)F)OC)cc1. The van der Waals surface area contributed by atoms with Gasteiger partial charge in [-0.2, -0.15) is 39.5 Å². The maximum atomic E-state index is 13.8. The van der Waals surface area contributed by atoms with E-state index in [4.69, 9.17) is 0 Å². The van der Waals surface area contributed by atoms with Gasteiger partial charge in [0.1, 0.15) is 0 Å². The van der Waals surface area contributed by atoms with E-state index < -0.39 is 42.4 Å². The van der Waals surface area contributed by atoms with Crippen LogP contribution in [0.5, 0.6) is 0 Å². The Bertz CT molecular complexity index is 669. The molecule has 160 valence electrons. The van der Waals surface area contributed by atoms with E-state index in [1.165, 1.54) is 6.92 Å². The van der Waals surface area contributed by atoms with E-state index in [-0.39, 0.29) is 17.7 Å². The largest absolute Gasteiger partial charge is 0.462 e. The lowest BCUT2D eigenvalue weighted by Crippen LogP contribution is -2.61. The smallest absolute Gasteiger partial charge is 0.460 e. The van der Waals surface area contributed by atoms with Crippen LogP contribution in [0, 0.1) is 0 Å². The van der Waals surface area contributed by atoms with Crippen molar-refractivity contribution in [3.05, 3.63) is 35.4 Å². The van der Waals surface area contributed by atoms with Crippen LogP contribution < -0.4 is 0 Å². The minimum Gasteiger partial charge on any atom is -0.462 e. The summed E-state index contributed by atoms with van der Waals surface area (Å²) in [5, 5.41) is 0. The molecule has 1 aromatic carbocycles. The van der Waals surface area contributed by atoms with Crippen molar-refractivity contribution in [2.24, 2.45) is 0 Å². The predicted molar refractivity (Wildman–Crippen MR) is 77.7 cm³/mol. The summed E-state index contributed by atoms with van der Waals surface area (Å²) in [4.78, 5) is 11.5. The summed E-state index contributed by atoms with van der Waals surface area (Å²) in [6, 6.07) is 4.13. The summed E-state index contributed by atoms with van der Waals surface area (Å²) < 4.78 is 126. The molecule has 28 heavy (non-hydrogen) atoms. The van der Waals surface area contributed by atoms with E-state index in [9.17, 15) is 44.3 Å². The number of benzene rings is 1. The van der Waals surface area contributed by atoms with Gasteiger partial charge in [-0.15, -0.1) is 0 Å². The minimum absolute atomic E-state index is 0.0267. The lowest BCUT2D eigenvalue weighted by molar-refractivity contribution is -0.398. The standard InChI is InChI=1S/C16H15F9O3/c1-3-28-12(26)10-6-4-9(5-7-10)11(27-2)8-13(17,18)14(19,20)15(21,22)16(23,24)25/h4-7,11H,3,8H2,1-2H3. The van der Waals surface area contributed by atoms with E-state index >= 15 is 0 Å². The highest BCUT2D eigenvalue weighted by molar-refractivity contribution is 5.89. The number of alkyl halides is 9. The van der Waals surface area contributed by atoms with Gasteiger partial charge in [-0.3, -0.25) is 0 Å². The summed E-state index contributed by atoms with van der Waals surface area (Å²) in [6.45, 7) is 1.56. The fraction of sp³-hybridized carbons (Fsp3) is 0.562. The molecular weight excluding hydrogens is 411 g/mol. The second-order valence-corrected chi connectivity index (χ2v) is 5.62. The molecule has 1 aromatic rings. The predicted octanol–water partition coefficient (Wildman–Crippen LogP) is 5.41. The second kappa shape index (κ2) is 8.18. The molecule has 0 aromatic heterocycles. The summed E-state index contributed by atoms with van der Waals surface area (Å²) in [5.74, 6) is -20.2. The van der Waals surface area contributed by atoms with Crippen LogP contribution in [0.15, 0.2) is 24.3 Å². The van der Waals surface area contributed by atoms with Crippen LogP contribution in [0.4, 0.5) is 39.5 Å². The maximum absolute atomic E-state index is 13.8. The van der Waals surface area contributed by atoms with Gasteiger partial charge in [-0.1, -0.05) is 12.1 Å². The number of ether oxygens (including phenoxy) is 2. The van der Waals surface area contributed by atoms with Gasteiger partial charge in [0.25, 0.3) is 0 Å². The highest BCUT2D eigenvalue weighted by Crippen LogP contribution is 2.55. The zero-order valence-electron chi connectivity index (χ0n) is 14.4. The van der Waals surface area contributed by atoms with Crippen LogP contribution in [0.1, 0.15) is 35.4 Å². The third-order valence-corrected chi connectivity index (χ3v) is 3.73. The Morgan fingerprint density at radius 2 is 1.43 bits per heavy atom. The quantitative estimate of drug-likeness (QED) is 0.412. The zero-order chi connectivity index (χ0) is 22.0. The average molecular weight is 426 g/mol. The number of rotatable bonds is 8. The van der Waals surface area contributed by atoms with Gasteiger partial charge in [0, 0.05) is 13.5 Å². The molecule has 0 fully saturated rings. The molecule has 0 aliphatic carbocycles. The molecule has 0 N–H and O–H groups in total. The van der Waals surface area contributed by atoms with Crippen molar-refractivity contribution in [3.8, 4) is 0 Å². The summed E-state index contributed by atoms with van der Waals surface area (Å²) in [6.07, 6.45) is -11.0. The van der Waals surface area contributed by atoms with Gasteiger partial charge < -0.3 is 9.47 Å². The van der Waals surface area contributed by atoms with Crippen molar-refractivity contribution < 1.29 is 53.8 Å². The van der Waals surface area contributed by atoms with E-state index in [0.717, 1.165) is 31.4 Å². The summed E-state index contributed by atoms with van der Waals surface area (Å²) >= 11 is 0. The lowest BCUT2D eigenvalue weighted by atomic mass is 9.94. The van der Waals surface area contributed by atoms with Gasteiger partial charge in [0.05, 0.1) is 18.3 Å². The monoisotopic (exact) mass is 426 g/mol. The van der Waals surface area contributed by atoms with Crippen LogP contribution in [-0.4, -0.2) is 43.6 Å². The van der Waals surface area contributed by atoms with E-state index in [2.05, 4.69) is 9.47 Å². The van der Waals surface area contributed by atoms with Crippen molar-refractivity contribution in [2.45, 2.75) is 43.4 Å². The minimum atomic E-state index is -6.96. The highest BCUT2D eigenvalue weighted by atomic mass is 19.4. The topological polar surface area (TPSA) is 35.5 Å². The Morgan fingerprint density at radius 3 is 1.82 bits per heavy atom. The third kappa shape index (κ3) is 4.53. The summed E-state index contributed by atoms with van der Waals surface area (Å²) in [7, 11) is 0.778. The molecule has 0 aliphatic heterocycles. The Labute approximate surface area is 153 Å². The second-order valence-electron chi connectivity index (χ2n) is 5.62. The first-order valence-corrected chi connectivity index (χ1v) is 7.62. The van der Waals surface area contributed by atoms with Gasteiger partial charge in [0.2, 0.25) is 0 Å². The van der Waals surface area contributed by atoms with Crippen LogP contribution in [0.2, 0.25) is 0 Å². The van der Waals surface area contributed by atoms with E-state index in [0.29, 0.717) is 0 Å². The molecule has 0 aliphatic rings. The molecular formula is C16H15F9O3. The molecule has 1 unspecified atom stereocenters. The van der Waals surface area contributed by atoms with E-state index in [1.54, 1.807) is 0 Å². The van der Waals surface area contributed by atoms with Crippen LogP contribution in [0.3, 0.4) is 0 Å². The first-order valence-electron chi connectivity index (χ1n) is 7.62. The average Bonchev–Trinajstić information content (AvgIpc) is 2.58. The Kier molecular flexibility index (Phi) is 7.02. The molecule has 0 heterocycles. The highest BCUT2D eigenvalue weighted by Gasteiger charge is 2.81. The molecule has 0 amide bonds. The van der Waals surface area contributed by atoms with Gasteiger partial charge in [-0.05, 0) is 24.6 Å². The Morgan fingerprint density at radius 1 is 0.929 bits per heavy atom. The van der Waals surface area contributed by atoms with Crippen molar-refractivity contribution >= 4 is 5.97 Å². The Balaban J connectivity index is 3.12. The maximum Gasteiger partial charge on any atom is 0.460 e. The van der Waals surface area contributed by atoms with Crippen molar-refractivity contribution in [2.75, 3.05) is 13.7 Å². The number of esters is 1. The number of methoxy groups -OCH3 is 1. The molecule has 0 bridgehead atoms. The molecule has 0 radical (unpaired) electrons. The molecule has 1 atom stereocenters. The van der Waals surface area contributed by atoms with Crippen molar-refractivity contribution in [3.63, 3.8) is 0 Å². The van der Waals surface area contributed by atoms with E-state index in [1.807, 2.05) is 0 Å². The molecule has 0 saturated heterocycles.